The lowest BCUT2D eigenvalue weighted by Crippen LogP contribution is -2.45. The third kappa shape index (κ3) is 4.19. The van der Waals surface area contributed by atoms with Gasteiger partial charge in [0.2, 0.25) is 11.9 Å². The van der Waals surface area contributed by atoms with Gasteiger partial charge in [0, 0.05) is 31.8 Å². The summed E-state index contributed by atoms with van der Waals surface area (Å²) in [6.07, 6.45) is 3.34. The minimum absolute atomic E-state index is 0.0280. The maximum Gasteiger partial charge on any atom is 0.246 e. The van der Waals surface area contributed by atoms with E-state index in [0.717, 1.165) is 30.8 Å². The van der Waals surface area contributed by atoms with Gasteiger partial charge < -0.3 is 24.6 Å². The molecule has 1 aliphatic carbocycles. The number of ether oxygens (including phenoxy) is 2. The molecule has 1 amide bonds. The highest BCUT2D eigenvalue weighted by molar-refractivity contribution is 6.02. The minimum atomic E-state index is -0.788. The Hall–Kier alpha value is -3.17. The fourth-order valence-corrected chi connectivity index (χ4v) is 3.95. The van der Waals surface area contributed by atoms with E-state index in [9.17, 15) is 13.6 Å². The number of aromatic nitrogens is 2. The van der Waals surface area contributed by atoms with Gasteiger partial charge in [-0.15, -0.1) is 0 Å². The maximum absolute atomic E-state index is 13.8. The Morgan fingerprint density at radius 2 is 1.97 bits per heavy atom. The zero-order valence-corrected chi connectivity index (χ0v) is 17.7. The number of likely N-dealkylation sites (N-methyl/N-ethyl adjacent to an activating group) is 2. The second kappa shape index (κ2) is 8.52. The summed E-state index contributed by atoms with van der Waals surface area (Å²) in [7, 11) is 3.05. The Morgan fingerprint density at radius 1 is 1.26 bits per heavy atom. The topological polar surface area (TPSA) is 79.8 Å². The number of carbonyl (C=O) groups excluding carboxylic acids is 1. The molecule has 2 aromatic rings. The number of methoxy groups -OCH3 is 1. The van der Waals surface area contributed by atoms with Crippen molar-refractivity contribution in [3.05, 3.63) is 30.0 Å². The summed E-state index contributed by atoms with van der Waals surface area (Å²) in [5.41, 5.74) is 0.714. The van der Waals surface area contributed by atoms with Crippen molar-refractivity contribution in [1.82, 2.24) is 9.97 Å². The van der Waals surface area contributed by atoms with Crippen molar-refractivity contribution < 1.29 is 23.0 Å². The first-order chi connectivity index (χ1) is 14.9. The van der Waals surface area contributed by atoms with Gasteiger partial charge >= 0.3 is 0 Å². The van der Waals surface area contributed by atoms with Crippen LogP contribution >= 0.6 is 0 Å². The lowest BCUT2D eigenvalue weighted by molar-refractivity contribution is -0.117. The summed E-state index contributed by atoms with van der Waals surface area (Å²) in [5.74, 6) is -0.321. The van der Waals surface area contributed by atoms with Gasteiger partial charge in [0.25, 0.3) is 0 Å². The summed E-state index contributed by atoms with van der Waals surface area (Å²) in [4.78, 5) is 24.6. The van der Waals surface area contributed by atoms with Crippen LogP contribution in [0.15, 0.2) is 18.3 Å². The Kier molecular flexibility index (Phi) is 5.79. The molecule has 8 nitrogen and oxygen atoms in total. The Morgan fingerprint density at radius 3 is 2.61 bits per heavy atom. The lowest BCUT2D eigenvalue weighted by Gasteiger charge is -2.36. The van der Waals surface area contributed by atoms with E-state index in [4.69, 9.17) is 4.74 Å². The summed E-state index contributed by atoms with van der Waals surface area (Å²) in [6.45, 7) is 3.14. The Labute approximate surface area is 179 Å². The molecule has 0 saturated heterocycles. The molecular formula is C21H25F2N5O3. The van der Waals surface area contributed by atoms with E-state index < -0.39 is 17.4 Å². The van der Waals surface area contributed by atoms with Gasteiger partial charge in [-0.05, 0) is 25.7 Å². The lowest BCUT2D eigenvalue weighted by atomic mass is 9.81. The van der Waals surface area contributed by atoms with Crippen molar-refractivity contribution in [1.29, 1.82) is 0 Å². The first-order valence-corrected chi connectivity index (χ1v) is 10.2. The predicted octanol–water partition coefficient (Wildman–Crippen LogP) is 2.84. The number of nitrogens with one attached hydrogen (secondary N) is 1. The average Bonchev–Trinajstić information content (AvgIpc) is 2.70. The van der Waals surface area contributed by atoms with Crippen LogP contribution in [0.25, 0.3) is 0 Å². The number of fused-ring (bicyclic) bond motifs is 1. The van der Waals surface area contributed by atoms with Crippen molar-refractivity contribution >= 4 is 23.4 Å². The molecule has 1 saturated carbocycles. The predicted molar refractivity (Wildman–Crippen MR) is 112 cm³/mol. The Balaban J connectivity index is 1.31. The molecule has 31 heavy (non-hydrogen) atoms. The molecule has 0 radical (unpaired) electrons. The highest BCUT2D eigenvalue weighted by Crippen LogP contribution is 2.34. The molecular weight excluding hydrogens is 408 g/mol. The first-order valence-electron chi connectivity index (χ1n) is 10.2. The molecule has 166 valence electrons. The zero-order chi connectivity index (χ0) is 22.1. The van der Waals surface area contributed by atoms with E-state index in [1.807, 2.05) is 18.9 Å². The number of rotatable bonds is 7. The van der Waals surface area contributed by atoms with E-state index in [-0.39, 0.29) is 30.2 Å². The quantitative estimate of drug-likeness (QED) is 0.719. The van der Waals surface area contributed by atoms with Crippen LogP contribution < -0.4 is 24.6 Å². The highest BCUT2D eigenvalue weighted by Gasteiger charge is 2.32. The van der Waals surface area contributed by atoms with E-state index in [2.05, 4.69) is 20.0 Å². The van der Waals surface area contributed by atoms with E-state index >= 15 is 0 Å². The van der Waals surface area contributed by atoms with Gasteiger partial charge in [0.1, 0.15) is 11.4 Å². The van der Waals surface area contributed by atoms with Crippen LogP contribution in [0.2, 0.25) is 0 Å². The molecule has 1 aliphatic heterocycles. The van der Waals surface area contributed by atoms with Gasteiger partial charge in [-0.3, -0.25) is 4.79 Å². The summed E-state index contributed by atoms with van der Waals surface area (Å²) in [5, 5.41) is 3.31. The molecule has 1 aromatic heterocycles. The minimum Gasteiger partial charge on any atom is -0.493 e. The summed E-state index contributed by atoms with van der Waals surface area (Å²) in [6, 6.07) is 2.43. The van der Waals surface area contributed by atoms with Crippen LogP contribution in [0, 0.1) is 17.6 Å². The van der Waals surface area contributed by atoms with Gasteiger partial charge in [0.15, 0.2) is 23.2 Å². The SMILES string of the molecule is CCN1C(=O)CN(C)c2nc(N[C@H]3C[C@@H](COc4cc(F)c(OC)c(F)c4)C3)ncc21. The number of carbonyl (C=O) groups is 1. The molecule has 0 atom stereocenters. The third-order valence-electron chi connectivity index (χ3n) is 5.62. The molecule has 2 aliphatic rings. The number of hydrogen-bond acceptors (Lipinski definition) is 7. The van der Waals surface area contributed by atoms with Gasteiger partial charge in [-0.25, -0.2) is 13.8 Å². The second-order valence-corrected chi connectivity index (χ2v) is 7.81. The van der Waals surface area contributed by atoms with Crippen LogP contribution in [0.4, 0.5) is 26.2 Å². The van der Waals surface area contributed by atoms with Crippen molar-refractivity contribution in [2.75, 3.05) is 49.0 Å². The van der Waals surface area contributed by atoms with Crippen molar-refractivity contribution in [2.24, 2.45) is 5.92 Å². The summed E-state index contributed by atoms with van der Waals surface area (Å²) >= 11 is 0. The molecule has 10 heteroatoms. The highest BCUT2D eigenvalue weighted by atomic mass is 19.1. The summed E-state index contributed by atoms with van der Waals surface area (Å²) < 4.78 is 37.7. The molecule has 1 N–H and O–H groups in total. The molecule has 4 rings (SSSR count). The smallest absolute Gasteiger partial charge is 0.246 e. The number of benzene rings is 1. The number of halogens is 2. The molecule has 0 unspecified atom stereocenters. The number of anilines is 3. The monoisotopic (exact) mass is 433 g/mol. The maximum atomic E-state index is 13.8. The molecule has 1 aromatic carbocycles. The van der Waals surface area contributed by atoms with Crippen molar-refractivity contribution in [2.45, 2.75) is 25.8 Å². The standard InChI is InChI=1S/C21H25F2N5O3/c1-4-28-17-9-24-21(26-20(17)27(2)10-18(28)29)25-13-5-12(6-13)11-31-14-7-15(22)19(30-3)16(23)8-14/h7-9,12-13H,4-6,10-11H2,1-3H3,(H,24,25,26)/t12-,13+. The van der Waals surface area contributed by atoms with Crippen LogP contribution in [0.3, 0.4) is 0 Å². The number of nitrogens with zero attached hydrogens (tertiary/aromatic N) is 4. The molecule has 0 spiro atoms. The number of amides is 1. The van der Waals surface area contributed by atoms with Crippen molar-refractivity contribution in [3.63, 3.8) is 0 Å². The molecule has 2 heterocycles. The second-order valence-electron chi connectivity index (χ2n) is 7.81. The van der Waals surface area contributed by atoms with Crippen LogP contribution in [0.1, 0.15) is 19.8 Å². The Bertz CT molecular complexity index is 960. The van der Waals surface area contributed by atoms with Gasteiger partial charge in [0.05, 0.1) is 26.5 Å². The fraction of sp³-hybridized carbons (Fsp3) is 0.476. The fourth-order valence-electron chi connectivity index (χ4n) is 3.95. The van der Waals surface area contributed by atoms with Gasteiger partial charge in [-0.2, -0.15) is 4.98 Å². The van der Waals surface area contributed by atoms with Crippen LogP contribution in [0.5, 0.6) is 11.5 Å². The molecule has 0 bridgehead atoms. The van der Waals surface area contributed by atoms with E-state index in [0.29, 0.717) is 24.8 Å². The normalized spacial score (nSPS) is 20.2. The third-order valence-corrected chi connectivity index (χ3v) is 5.62. The van der Waals surface area contributed by atoms with E-state index in [1.54, 1.807) is 11.1 Å². The zero-order valence-electron chi connectivity index (χ0n) is 17.7. The number of hydrogen-bond donors (Lipinski definition) is 1. The largest absolute Gasteiger partial charge is 0.493 e. The van der Waals surface area contributed by atoms with E-state index in [1.165, 1.54) is 7.11 Å². The average molecular weight is 433 g/mol. The van der Waals surface area contributed by atoms with Crippen LogP contribution in [-0.4, -0.2) is 55.8 Å². The first kappa shape index (κ1) is 21.1. The van der Waals surface area contributed by atoms with Gasteiger partial charge in [-0.1, -0.05) is 0 Å². The van der Waals surface area contributed by atoms with Crippen LogP contribution in [-0.2, 0) is 4.79 Å². The van der Waals surface area contributed by atoms with Crippen molar-refractivity contribution in [3.8, 4) is 11.5 Å². The molecule has 1 fully saturated rings.